The van der Waals surface area contributed by atoms with Crippen LogP contribution in [0, 0.1) is 11.3 Å². The molecule has 1 rings (SSSR count). The largest absolute Gasteiger partial charge is 0.496 e. The number of hydrogen-bond acceptors (Lipinski definition) is 4. The second-order valence-electron chi connectivity index (χ2n) is 3.14. The van der Waals surface area contributed by atoms with E-state index in [1.165, 1.54) is 7.11 Å². The third kappa shape index (κ3) is 2.98. The van der Waals surface area contributed by atoms with Crippen LogP contribution >= 0.6 is 15.9 Å². The zero-order chi connectivity index (χ0) is 12.8. The molecule has 0 heterocycles. The summed E-state index contributed by atoms with van der Waals surface area (Å²) in [7, 11) is 1.47. The molecule has 4 nitrogen and oxygen atoms in total. The van der Waals surface area contributed by atoms with Crippen LogP contribution in [-0.2, 0) is 4.74 Å². The molecule has 0 amide bonds. The molecule has 5 heteroatoms. The van der Waals surface area contributed by atoms with Crippen molar-refractivity contribution in [3.8, 4) is 11.8 Å². The number of ether oxygens (including phenoxy) is 2. The van der Waals surface area contributed by atoms with Crippen molar-refractivity contribution in [2.24, 2.45) is 0 Å². The molecule has 0 saturated carbocycles. The summed E-state index contributed by atoms with van der Waals surface area (Å²) in [4.78, 5) is 11.3. The second-order valence-corrected chi connectivity index (χ2v) is 4.05. The van der Waals surface area contributed by atoms with Gasteiger partial charge in [0.2, 0.25) is 0 Å². The first-order valence-electron chi connectivity index (χ1n) is 5.03. The molecule has 0 aliphatic carbocycles. The van der Waals surface area contributed by atoms with Crippen LogP contribution in [0.15, 0.2) is 18.2 Å². The normalized spacial score (nSPS) is 11.4. The van der Waals surface area contributed by atoms with Crippen LogP contribution in [-0.4, -0.2) is 19.7 Å². The Bertz CT molecular complexity index is 454. The molecule has 0 bridgehead atoms. The van der Waals surface area contributed by atoms with Gasteiger partial charge in [-0.3, -0.25) is 0 Å². The van der Waals surface area contributed by atoms with Crippen LogP contribution in [0.25, 0.3) is 0 Å². The number of benzene rings is 1. The quantitative estimate of drug-likeness (QED) is 0.633. The van der Waals surface area contributed by atoms with Crippen molar-refractivity contribution in [2.45, 2.75) is 11.8 Å². The third-order valence-corrected chi connectivity index (χ3v) is 2.84. The molecule has 0 spiro atoms. The van der Waals surface area contributed by atoms with E-state index in [2.05, 4.69) is 15.9 Å². The minimum atomic E-state index is -0.572. The van der Waals surface area contributed by atoms with Gasteiger partial charge in [0, 0.05) is 0 Å². The van der Waals surface area contributed by atoms with E-state index in [0.717, 1.165) is 0 Å². The molecule has 1 atom stereocenters. The van der Waals surface area contributed by atoms with Gasteiger partial charge in [-0.1, -0.05) is 28.1 Å². The van der Waals surface area contributed by atoms with Crippen molar-refractivity contribution in [2.75, 3.05) is 13.7 Å². The van der Waals surface area contributed by atoms with Crippen LogP contribution in [0.4, 0.5) is 0 Å². The van der Waals surface area contributed by atoms with Gasteiger partial charge < -0.3 is 9.47 Å². The number of carbonyl (C=O) groups is 1. The Kier molecular flexibility index (Phi) is 4.98. The number of alkyl halides is 1. The lowest BCUT2D eigenvalue weighted by atomic mass is 10.0. The monoisotopic (exact) mass is 297 g/mol. The number of rotatable bonds is 4. The molecule has 0 aliphatic heterocycles. The number of halogens is 1. The molecule has 0 radical (unpaired) electrons. The highest BCUT2D eigenvalue weighted by Crippen LogP contribution is 2.31. The molecule has 0 saturated heterocycles. The highest BCUT2D eigenvalue weighted by Gasteiger charge is 2.22. The van der Waals surface area contributed by atoms with Crippen LogP contribution < -0.4 is 4.74 Å². The SMILES string of the molecule is CCOC(=O)c1c(OC)cccc1C(Br)C#N. The summed E-state index contributed by atoms with van der Waals surface area (Å²) in [5.74, 6) is -0.0831. The summed E-state index contributed by atoms with van der Waals surface area (Å²) >= 11 is 3.19. The number of hydrogen-bond donors (Lipinski definition) is 0. The van der Waals surface area contributed by atoms with E-state index >= 15 is 0 Å². The maximum atomic E-state index is 11.8. The Morgan fingerprint density at radius 1 is 1.59 bits per heavy atom. The molecule has 1 aromatic carbocycles. The Hall–Kier alpha value is -1.54. The smallest absolute Gasteiger partial charge is 0.342 e. The highest BCUT2D eigenvalue weighted by molar-refractivity contribution is 9.09. The number of esters is 1. The molecular weight excluding hydrogens is 286 g/mol. The van der Waals surface area contributed by atoms with Gasteiger partial charge in [0.05, 0.1) is 19.8 Å². The molecule has 1 unspecified atom stereocenters. The van der Waals surface area contributed by atoms with Crippen molar-refractivity contribution in [1.29, 1.82) is 5.26 Å². The number of methoxy groups -OCH3 is 1. The van der Waals surface area contributed by atoms with Crippen molar-refractivity contribution >= 4 is 21.9 Å². The first kappa shape index (κ1) is 13.5. The van der Waals surface area contributed by atoms with E-state index < -0.39 is 10.8 Å². The maximum Gasteiger partial charge on any atom is 0.342 e. The van der Waals surface area contributed by atoms with Crippen molar-refractivity contribution in [3.63, 3.8) is 0 Å². The van der Waals surface area contributed by atoms with Gasteiger partial charge in [-0.05, 0) is 18.6 Å². The molecular formula is C12H12BrNO3. The predicted octanol–water partition coefficient (Wildman–Crippen LogP) is 2.83. The van der Waals surface area contributed by atoms with E-state index in [4.69, 9.17) is 14.7 Å². The Labute approximate surface area is 108 Å². The van der Waals surface area contributed by atoms with Crippen LogP contribution in [0.5, 0.6) is 5.75 Å². The third-order valence-electron chi connectivity index (χ3n) is 2.14. The summed E-state index contributed by atoms with van der Waals surface area (Å²) in [6.07, 6.45) is 0. The summed E-state index contributed by atoms with van der Waals surface area (Å²) in [5.41, 5.74) is 0.838. The Morgan fingerprint density at radius 3 is 2.82 bits per heavy atom. The van der Waals surface area contributed by atoms with E-state index in [1.54, 1.807) is 25.1 Å². The van der Waals surface area contributed by atoms with E-state index in [-0.39, 0.29) is 6.61 Å². The number of nitriles is 1. The second kappa shape index (κ2) is 6.26. The van der Waals surface area contributed by atoms with Crippen LogP contribution in [0.1, 0.15) is 27.7 Å². The summed E-state index contributed by atoms with van der Waals surface area (Å²) in [5, 5.41) is 8.90. The van der Waals surface area contributed by atoms with Crippen LogP contribution in [0.2, 0.25) is 0 Å². The minimum absolute atomic E-state index is 0.274. The van der Waals surface area contributed by atoms with Gasteiger partial charge in [0.25, 0.3) is 0 Å². The molecule has 0 aromatic heterocycles. The van der Waals surface area contributed by atoms with Gasteiger partial charge in [-0.2, -0.15) is 5.26 Å². The predicted molar refractivity (Wildman–Crippen MR) is 66.2 cm³/mol. The Morgan fingerprint density at radius 2 is 2.29 bits per heavy atom. The first-order valence-corrected chi connectivity index (χ1v) is 5.95. The van der Waals surface area contributed by atoms with Crippen molar-refractivity contribution in [3.05, 3.63) is 29.3 Å². The summed E-state index contributed by atoms with van der Waals surface area (Å²) < 4.78 is 10.1. The molecule has 0 aliphatic rings. The summed E-state index contributed by atoms with van der Waals surface area (Å²) in [6.45, 7) is 2.00. The van der Waals surface area contributed by atoms with Gasteiger partial charge >= 0.3 is 5.97 Å². The average molecular weight is 298 g/mol. The minimum Gasteiger partial charge on any atom is -0.496 e. The highest BCUT2D eigenvalue weighted by atomic mass is 79.9. The lowest BCUT2D eigenvalue weighted by molar-refractivity contribution is 0.0521. The van der Waals surface area contributed by atoms with Gasteiger partial charge in [0.1, 0.15) is 16.1 Å². The van der Waals surface area contributed by atoms with Gasteiger partial charge in [-0.15, -0.1) is 0 Å². The molecule has 0 N–H and O–H groups in total. The fourth-order valence-corrected chi connectivity index (χ4v) is 1.80. The van der Waals surface area contributed by atoms with E-state index in [1.807, 2.05) is 6.07 Å². The first-order chi connectivity index (χ1) is 8.15. The maximum absolute atomic E-state index is 11.8. The zero-order valence-electron chi connectivity index (χ0n) is 9.57. The van der Waals surface area contributed by atoms with E-state index in [9.17, 15) is 4.79 Å². The number of carbonyl (C=O) groups excluding carboxylic acids is 1. The zero-order valence-corrected chi connectivity index (χ0v) is 11.2. The van der Waals surface area contributed by atoms with E-state index in [0.29, 0.717) is 16.9 Å². The Balaban J connectivity index is 3.31. The van der Waals surface area contributed by atoms with Crippen LogP contribution in [0.3, 0.4) is 0 Å². The van der Waals surface area contributed by atoms with Gasteiger partial charge in [0.15, 0.2) is 0 Å². The van der Waals surface area contributed by atoms with Gasteiger partial charge in [-0.25, -0.2) is 4.79 Å². The lowest BCUT2D eigenvalue weighted by Gasteiger charge is -2.13. The fraction of sp³-hybridized carbons (Fsp3) is 0.333. The van der Waals surface area contributed by atoms with Crippen molar-refractivity contribution in [1.82, 2.24) is 0 Å². The molecule has 17 heavy (non-hydrogen) atoms. The lowest BCUT2D eigenvalue weighted by Crippen LogP contribution is -2.10. The molecule has 0 fully saturated rings. The standard InChI is InChI=1S/C12H12BrNO3/c1-3-17-12(15)11-8(9(13)7-14)5-4-6-10(11)16-2/h4-6,9H,3H2,1-2H3. The number of nitrogens with zero attached hydrogens (tertiary/aromatic N) is 1. The fourth-order valence-electron chi connectivity index (χ4n) is 1.42. The molecule has 90 valence electrons. The average Bonchev–Trinajstić information content (AvgIpc) is 2.37. The molecule has 1 aromatic rings. The topological polar surface area (TPSA) is 59.3 Å². The summed E-state index contributed by atoms with van der Waals surface area (Å²) in [6, 6.07) is 7.10. The van der Waals surface area contributed by atoms with Crippen molar-refractivity contribution < 1.29 is 14.3 Å².